The molecule has 0 heterocycles. The Morgan fingerprint density at radius 3 is 1.37 bits per heavy atom. The number of hydrogen-bond donors (Lipinski definition) is 2. The van der Waals surface area contributed by atoms with Crippen LogP contribution in [0, 0.1) is 0 Å². The standard InChI is InChI=1S/2C5H8O3S.Zn/c2*6-4(5(7)8)2-1-3-9;/h2*3-4,6H,1-2H2,(H,7,8);/q;;+2/p-2. The van der Waals surface area contributed by atoms with Gasteiger partial charge >= 0.3 is 19.5 Å². The third-order valence-electron chi connectivity index (χ3n) is 1.66. The van der Waals surface area contributed by atoms with Crippen molar-refractivity contribution in [3.05, 3.63) is 0 Å². The molecular weight excluding hydrogens is 346 g/mol. The van der Waals surface area contributed by atoms with Crippen LogP contribution in [-0.2, 0) is 29.1 Å². The minimum Gasteiger partial charge on any atom is -0.547 e. The molecule has 0 aliphatic carbocycles. The zero-order valence-electron chi connectivity index (χ0n) is 10.2. The van der Waals surface area contributed by atoms with E-state index in [1.807, 2.05) is 0 Å². The molecule has 104 valence electrons. The Labute approximate surface area is 134 Å². The average Bonchev–Trinajstić information content (AvgIpc) is 2.33. The fourth-order valence-corrected chi connectivity index (χ4v) is 0.960. The van der Waals surface area contributed by atoms with E-state index < -0.39 is 24.1 Å². The van der Waals surface area contributed by atoms with Crippen molar-refractivity contribution in [3.8, 4) is 0 Å². The molecule has 9 heteroatoms. The summed E-state index contributed by atoms with van der Waals surface area (Å²) >= 11 is 8.82. The maximum Gasteiger partial charge on any atom is 2.00 e. The molecule has 0 spiro atoms. The number of rotatable bonds is 8. The first-order valence-electron chi connectivity index (χ1n) is 5.01. The van der Waals surface area contributed by atoms with Gasteiger partial charge in [0.05, 0.1) is 24.1 Å². The third-order valence-corrected chi connectivity index (χ3v) is 2.13. The molecular formula is C10H14O6S2Zn. The Kier molecular flexibility index (Phi) is 19.6. The van der Waals surface area contributed by atoms with Crippen LogP contribution in [0.2, 0.25) is 0 Å². The maximum absolute atomic E-state index is 9.80. The van der Waals surface area contributed by atoms with E-state index in [2.05, 4.69) is 24.4 Å². The van der Waals surface area contributed by atoms with Gasteiger partial charge in [-0.2, -0.15) is 0 Å². The quantitative estimate of drug-likeness (QED) is 0.368. The van der Waals surface area contributed by atoms with Gasteiger partial charge in [-0.25, -0.2) is 0 Å². The van der Waals surface area contributed by atoms with Crippen molar-refractivity contribution in [3.63, 3.8) is 0 Å². The van der Waals surface area contributed by atoms with Crippen LogP contribution < -0.4 is 10.2 Å². The Hall–Kier alpha value is -0.337. The Balaban J connectivity index is -0.000000256. The van der Waals surface area contributed by atoms with Crippen LogP contribution in [0.4, 0.5) is 0 Å². The molecule has 0 aromatic heterocycles. The third kappa shape index (κ3) is 17.7. The molecule has 2 N–H and O–H groups in total. The fraction of sp³-hybridized carbons (Fsp3) is 0.600. The molecule has 0 aromatic rings. The summed E-state index contributed by atoms with van der Waals surface area (Å²) in [5, 5.41) is 39.4. The summed E-state index contributed by atoms with van der Waals surface area (Å²) in [6, 6.07) is 0. The van der Waals surface area contributed by atoms with Gasteiger partial charge in [0.25, 0.3) is 0 Å². The zero-order chi connectivity index (χ0) is 14.6. The molecule has 0 aromatic carbocycles. The van der Waals surface area contributed by atoms with Gasteiger partial charge in [0.2, 0.25) is 0 Å². The van der Waals surface area contributed by atoms with Gasteiger partial charge in [0, 0.05) is 0 Å². The van der Waals surface area contributed by atoms with Gasteiger partial charge in [0.1, 0.15) is 0 Å². The summed E-state index contributed by atoms with van der Waals surface area (Å²) in [6.07, 6.45) is -1.61. The van der Waals surface area contributed by atoms with E-state index in [0.29, 0.717) is 12.8 Å². The molecule has 6 nitrogen and oxygen atoms in total. The molecule has 0 radical (unpaired) electrons. The number of aliphatic hydroxyl groups excluding tert-OH is 2. The Morgan fingerprint density at radius 2 is 1.21 bits per heavy atom. The molecule has 0 saturated carbocycles. The second-order valence-corrected chi connectivity index (χ2v) is 3.82. The van der Waals surface area contributed by atoms with E-state index in [4.69, 9.17) is 10.2 Å². The van der Waals surface area contributed by atoms with E-state index in [-0.39, 0.29) is 32.3 Å². The van der Waals surface area contributed by atoms with Crippen LogP contribution in [0.5, 0.6) is 0 Å². The first kappa shape index (κ1) is 23.7. The minimum atomic E-state index is -1.44. The van der Waals surface area contributed by atoms with Crippen LogP contribution in [0.1, 0.15) is 25.7 Å². The number of carboxylic acid groups (broad SMARTS) is 2. The van der Waals surface area contributed by atoms with Crippen molar-refractivity contribution in [2.75, 3.05) is 0 Å². The van der Waals surface area contributed by atoms with Crippen molar-refractivity contribution in [1.82, 2.24) is 0 Å². The fourth-order valence-electron chi connectivity index (χ4n) is 0.688. The van der Waals surface area contributed by atoms with Crippen molar-refractivity contribution in [1.29, 1.82) is 0 Å². The smallest absolute Gasteiger partial charge is 0.547 e. The predicted octanol–water partition coefficient (Wildman–Crippen LogP) is -2.25. The van der Waals surface area contributed by atoms with E-state index in [9.17, 15) is 19.8 Å². The van der Waals surface area contributed by atoms with Crippen LogP contribution >= 0.6 is 24.4 Å². The minimum absolute atomic E-state index is 0. The Bertz CT molecular complexity index is 259. The normalized spacial score (nSPS) is 11.9. The summed E-state index contributed by atoms with van der Waals surface area (Å²) < 4.78 is 0. The van der Waals surface area contributed by atoms with Gasteiger partial charge in [-0.15, -0.1) is 0 Å². The summed E-state index contributed by atoms with van der Waals surface area (Å²) in [7, 11) is 0. The molecule has 2 atom stereocenters. The van der Waals surface area contributed by atoms with Gasteiger partial charge in [0.15, 0.2) is 0 Å². The maximum atomic E-state index is 9.80. The number of aliphatic carboxylic acids is 2. The second kappa shape index (κ2) is 15.7. The number of carboxylic acids is 2. The monoisotopic (exact) mass is 358 g/mol. The largest absolute Gasteiger partial charge is 2.00 e. The van der Waals surface area contributed by atoms with Crippen LogP contribution in [0.15, 0.2) is 0 Å². The van der Waals surface area contributed by atoms with Crippen molar-refractivity contribution in [2.24, 2.45) is 0 Å². The van der Waals surface area contributed by atoms with E-state index in [1.54, 1.807) is 0 Å². The molecule has 19 heavy (non-hydrogen) atoms. The number of hydrogen-bond acceptors (Lipinski definition) is 8. The van der Waals surface area contributed by atoms with E-state index >= 15 is 0 Å². The molecule has 0 aliphatic rings. The Morgan fingerprint density at radius 1 is 0.947 bits per heavy atom. The van der Waals surface area contributed by atoms with Crippen LogP contribution in [0.3, 0.4) is 0 Å². The molecule has 0 rings (SSSR count). The van der Waals surface area contributed by atoms with Crippen LogP contribution in [-0.4, -0.2) is 45.1 Å². The van der Waals surface area contributed by atoms with E-state index in [0.717, 1.165) is 0 Å². The summed E-state index contributed by atoms with van der Waals surface area (Å²) in [4.78, 5) is 19.6. The molecule has 0 saturated heterocycles. The molecule has 0 bridgehead atoms. The average molecular weight is 360 g/mol. The van der Waals surface area contributed by atoms with Gasteiger partial charge in [-0.05, 0) is 36.4 Å². The predicted molar refractivity (Wildman–Crippen MR) is 67.8 cm³/mol. The molecule has 0 amide bonds. The van der Waals surface area contributed by atoms with E-state index in [1.165, 1.54) is 10.7 Å². The first-order chi connectivity index (χ1) is 8.36. The summed E-state index contributed by atoms with van der Waals surface area (Å²) in [5.41, 5.74) is 0. The number of thiocarbonyl (C=S) groups is 2. The molecule has 0 aliphatic heterocycles. The topological polar surface area (TPSA) is 121 Å². The molecule has 0 fully saturated rings. The molecule has 2 unspecified atom stereocenters. The summed E-state index contributed by atoms with van der Waals surface area (Å²) in [6.45, 7) is 0. The van der Waals surface area contributed by atoms with Gasteiger partial charge < -0.3 is 30.0 Å². The summed E-state index contributed by atoms with van der Waals surface area (Å²) in [5.74, 6) is -2.88. The first-order valence-corrected chi connectivity index (χ1v) is 5.96. The number of carbonyl (C=O) groups is 2. The number of aliphatic hydroxyl groups is 2. The van der Waals surface area contributed by atoms with Gasteiger partial charge in [-0.3, -0.25) is 0 Å². The van der Waals surface area contributed by atoms with Crippen LogP contribution in [0.25, 0.3) is 0 Å². The van der Waals surface area contributed by atoms with Gasteiger partial charge in [-0.1, -0.05) is 24.4 Å². The zero-order valence-corrected chi connectivity index (χ0v) is 14.8. The van der Waals surface area contributed by atoms with Crippen molar-refractivity contribution in [2.45, 2.75) is 37.9 Å². The number of carbonyl (C=O) groups excluding carboxylic acids is 2. The second-order valence-electron chi connectivity index (χ2n) is 3.16. The van der Waals surface area contributed by atoms with Crippen molar-refractivity contribution >= 4 is 47.1 Å². The van der Waals surface area contributed by atoms with Crippen molar-refractivity contribution < 1.29 is 49.5 Å². The SMILES string of the molecule is O=C([O-])C(O)CCC=S.O=C([O-])C(O)CCC=S.[Zn+2].